The van der Waals surface area contributed by atoms with Gasteiger partial charge in [0.05, 0.1) is 5.75 Å². The molecule has 0 unspecified atom stereocenters. The van der Waals surface area contributed by atoms with Crippen LogP contribution in [0.3, 0.4) is 0 Å². The number of halogens is 1. The van der Waals surface area contributed by atoms with E-state index >= 15 is 0 Å². The number of carbonyl (C=O) groups is 2. The van der Waals surface area contributed by atoms with Gasteiger partial charge in [0.15, 0.2) is 4.34 Å². The molecule has 138 valence electrons. The fourth-order valence-electron chi connectivity index (χ4n) is 2.47. The lowest BCUT2D eigenvalue weighted by atomic mass is 10.2. The van der Waals surface area contributed by atoms with Crippen molar-refractivity contribution in [3.8, 4) is 0 Å². The number of aromatic nitrogens is 2. The van der Waals surface area contributed by atoms with Crippen LogP contribution in [0.5, 0.6) is 0 Å². The van der Waals surface area contributed by atoms with Crippen molar-refractivity contribution in [2.75, 3.05) is 17.7 Å². The topological polar surface area (TPSA) is 66.4 Å². The van der Waals surface area contributed by atoms with E-state index in [0.29, 0.717) is 16.0 Å². The predicted molar refractivity (Wildman–Crippen MR) is 99.7 cm³/mol. The molecule has 0 N–H and O–H groups in total. The number of anilines is 1. The molecule has 2 amide bonds. The maximum atomic E-state index is 13.2. The fraction of sp³-hybridized carbons (Fsp3) is 0.412. The summed E-state index contributed by atoms with van der Waals surface area (Å²) < 4.78 is 13.9. The van der Waals surface area contributed by atoms with Crippen LogP contribution in [0, 0.1) is 5.82 Å². The zero-order valence-corrected chi connectivity index (χ0v) is 16.1. The maximum Gasteiger partial charge on any atom is 0.233 e. The molecule has 6 nitrogen and oxygen atoms in total. The number of rotatable bonds is 7. The molecule has 0 saturated heterocycles. The number of hydrogen-bond acceptors (Lipinski definition) is 6. The molecule has 0 atom stereocenters. The third-order valence-electron chi connectivity index (χ3n) is 3.91. The summed E-state index contributed by atoms with van der Waals surface area (Å²) in [7, 11) is 1.68. The second kappa shape index (κ2) is 8.13. The van der Waals surface area contributed by atoms with E-state index in [9.17, 15) is 14.0 Å². The molecule has 0 radical (unpaired) electrons. The number of benzene rings is 1. The summed E-state index contributed by atoms with van der Waals surface area (Å²) in [5.41, 5.74) is 0.741. The van der Waals surface area contributed by atoms with E-state index in [1.807, 2.05) is 0 Å². The van der Waals surface area contributed by atoms with Gasteiger partial charge < -0.3 is 4.90 Å². The van der Waals surface area contributed by atoms with E-state index in [1.165, 1.54) is 42.2 Å². The van der Waals surface area contributed by atoms with Gasteiger partial charge in [0.25, 0.3) is 0 Å². The van der Waals surface area contributed by atoms with Crippen LogP contribution in [0.25, 0.3) is 0 Å². The molecular weight excluding hydrogens is 375 g/mol. The molecular formula is C17H19FN4O2S2. The summed E-state index contributed by atoms with van der Waals surface area (Å²) in [5.74, 6) is -0.221. The Bertz CT molecular complexity index is 810. The second-order valence-corrected chi connectivity index (χ2v) is 8.32. The number of amides is 2. The van der Waals surface area contributed by atoms with E-state index in [4.69, 9.17) is 0 Å². The Labute approximate surface area is 159 Å². The van der Waals surface area contributed by atoms with Gasteiger partial charge in [0.2, 0.25) is 16.9 Å². The van der Waals surface area contributed by atoms with E-state index in [1.54, 1.807) is 29.0 Å². The Morgan fingerprint density at radius 2 is 2.12 bits per heavy atom. The summed E-state index contributed by atoms with van der Waals surface area (Å²) >= 11 is 2.62. The average Bonchev–Trinajstić information content (AvgIpc) is 3.30. The Kier molecular flexibility index (Phi) is 5.87. The quantitative estimate of drug-likeness (QED) is 0.534. The van der Waals surface area contributed by atoms with Gasteiger partial charge in [0.1, 0.15) is 5.82 Å². The van der Waals surface area contributed by atoms with Crippen LogP contribution >= 0.6 is 23.1 Å². The minimum atomic E-state index is -0.315. The minimum Gasteiger partial charge on any atom is -0.341 e. The van der Waals surface area contributed by atoms with Crippen LogP contribution in [0.15, 0.2) is 28.6 Å². The Morgan fingerprint density at radius 3 is 2.77 bits per heavy atom. The standard InChI is InChI=1S/C17H19FN4O2S2/c1-11(23)22(14-6-7-14)16-19-20-17(26-16)25-10-15(24)21(2)9-12-4-3-5-13(18)8-12/h3-5,8,14H,6-7,9-10H2,1-2H3. The van der Waals surface area contributed by atoms with E-state index in [2.05, 4.69) is 10.2 Å². The average molecular weight is 394 g/mol. The summed E-state index contributed by atoms with van der Waals surface area (Å²) in [4.78, 5) is 27.3. The Balaban J connectivity index is 1.53. The zero-order chi connectivity index (χ0) is 18.7. The molecule has 1 aliphatic carbocycles. The van der Waals surface area contributed by atoms with E-state index < -0.39 is 0 Å². The van der Waals surface area contributed by atoms with Gasteiger partial charge in [-0.15, -0.1) is 10.2 Å². The first-order chi connectivity index (χ1) is 12.4. The monoisotopic (exact) mass is 394 g/mol. The van der Waals surface area contributed by atoms with Crippen molar-refractivity contribution in [2.45, 2.75) is 36.7 Å². The smallest absolute Gasteiger partial charge is 0.233 e. The number of thioether (sulfide) groups is 1. The molecule has 1 fully saturated rings. The largest absolute Gasteiger partial charge is 0.341 e. The molecule has 1 aromatic heterocycles. The van der Waals surface area contributed by atoms with Gasteiger partial charge in [-0.25, -0.2) is 4.39 Å². The van der Waals surface area contributed by atoms with Crippen molar-refractivity contribution in [3.05, 3.63) is 35.6 Å². The molecule has 0 spiro atoms. The van der Waals surface area contributed by atoms with Gasteiger partial charge in [-0.2, -0.15) is 0 Å². The highest BCUT2D eigenvalue weighted by molar-refractivity contribution is 8.01. The molecule has 1 saturated carbocycles. The number of hydrogen-bond donors (Lipinski definition) is 0. The van der Waals surface area contributed by atoms with Crippen molar-refractivity contribution < 1.29 is 14.0 Å². The lowest BCUT2D eigenvalue weighted by molar-refractivity contribution is -0.127. The number of carbonyl (C=O) groups excluding carboxylic acids is 2. The van der Waals surface area contributed by atoms with Crippen molar-refractivity contribution in [1.82, 2.24) is 15.1 Å². The van der Waals surface area contributed by atoms with E-state index in [-0.39, 0.29) is 29.4 Å². The summed E-state index contributed by atoms with van der Waals surface area (Å²) in [6.45, 7) is 1.87. The van der Waals surface area contributed by atoms with Crippen molar-refractivity contribution in [1.29, 1.82) is 0 Å². The van der Waals surface area contributed by atoms with Crippen LogP contribution in [-0.2, 0) is 16.1 Å². The summed E-state index contributed by atoms with van der Waals surface area (Å²) in [6, 6.07) is 6.44. The van der Waals surface area contributed by atoms with Gasteiger partial charge in [-0.1, -0.05) is 35.2 Å². The third-order valence-corrected chi connectivity index (χ3v) is 5.95. The SMILES string of the molecule is CC(=O)N(c1nnc(SCC(=O)N(C)Cc2cccc(F)c2)s1)C1CC1. The number of nitrogens with zero attached hydrogens (tertiary/aromatic N) is 4. The second-order valence-electron chi connectivity index (χ2n) is 6.14. The third kappa shape index (κ3) is 4.79. The minimum absolute atomic E-state index is 0.0360. The van der Waals surface area contributed by atoms with Crippen molar-refractivity contribution >= 4 is 40.0 Å². The maximum absolute atomic E-state index is 13.2. The highest BCUT2D eigenvalue weighted by Crippen LogP contribution is 2.35. The van der Waals surface area contributed by atoms with Crippen LogP contribution < -0.4 is 4.90 Å². The lowest BCUT2D eigenvalue weighted by Crippen LogP contribution is -2.30. The van der Waals surface area contributed by atoms with Gasteiger partial charge in [0, 0.05) is 26.6 Å². The van der Waals surface area contributed by atoms with Gasteiger partial charge >= 0.3 is 0 Å². The van der Waals surface area contributed by atoms with Gasteiger partial charge in [-0.3, -0.25) is 14.5 Å². The van der Waals surface area contributed by atoms with Crippen LogP contribution in [-0.4, -0.2) is 45.8 Å². The lowest BCUT2D eigenvalue weighted by Gasteiger charge is -2.16. The highest BCUT2D eigenvalue weighted by atomic mass is 32.2. The summed E-state index contributed by atoms with van der Waals surface area (Å²) in [5, 5.41) is 8.75. The first-order valence-corrected chi connectivity index (χ1v) is 9.99. The first-order valence-electron chi connectivity index (χ1n) is 8.18. The molecule has 1 aromatic carbocycles. The fourth-order valence-corrected chi connectivity index (χ4v) is 4.37. The zero-order valence-electron chi connectivity index (χ0n) is 14.5. The van der Waals surface area contributed by atoms with Crippen molar-refractivity contribution in [3.63, 3.8) is 0 Å². The van der Waals surface area contributed by atoms with E-state index in [0.717, 1.165) is 18.4 Å². The van der Waals surface area contributed by atoms with Crippen LogP contribution in [0.4, 0.5) is 9.52 Å². The predicted octanol–water partition coefficient (Wildman–Crippen LogP) is 2.94. The molecule has 26 heavy (non-hydrogen) atoms. The molecule has 1 aliphatic rings. The van der Waals surface area contributed by atoms with Crippen molar-refractivity contribution in [2.24, 2.45) is 0 Å². The molecule has 0 bridgehead atoms. The normalized spacial score (nSPS) is 13.5. The molecule has 3 rings (SSSR count). The Hall–Kier alpha value is -2.00. The van der Waals surface area contributed by atoms with Crippen LogP contribution in [0.1, 0.15) is 25.3 Å². The summed E-state index contributed by atoms with van der Waals surface area (Å²) in [6.07, 6.45) is 1.98. The van der Waals surface area contributed by atoms with Gasteiger partial charge in [-0.05, 0) is 30.5 Å². The molecule has 2 aromatic rings. The molecule has 9 heteroatoms. The molecule has 1 heterocycles. The first kappa shape index (κ1) is 18.8. The highest BCUT2D eigenvalue weighted by Gasteiger charge is 2.34. The Morgan fingerprint density at radius 1 is 1.35 bits per heavy atom. The van der Waals surface area contributed by atoms with Crippen LogP contribution in [0.2, 0.25) is 0 Å². The molecule has 0 aliphatic heterocycles.